The molecule has 0 saturated carbocycles. The number of carbonyl (C=O) groups excluding carboxylic acids is 2. The van der Waals surface area contributed by atoms with E-state index in [1.54, 1.807) is 6.20 Å². The van der Waals surface area contributed by atoms with Gasteiger partial charge in [-0.15, -0.1) is 0 Å². The highest BCUT2D eigenvalue weighted by Crippen LogP contribution is 2.14. The normalized spacial score (nSPS) is 11.9. The first-order valence-electron chi connectivity index (χ1n) is 4.81. The summed E-state index contributed by atoms with van der Waals surface area (Å²) in [5, 5.41) is 0. The highest BCUT2D eigenvalue weighted by atomic mass is 16.6. The molecule has 88 valence electrons. The zero-order valence-corrected chi connectivity index (χ0v) is 9.44. The van der Waals surface area contributed by atoms with Crippen LogP contribution in [0, 0.1) is 6.92 Å². The molecule has 1 atom stereocenters. The third kappa shape index (κ3) is 3.72. The van der Waals surface area contributed by atoms with Gasteiger partial charge in [-0.25, -0.2) is 4.98 Å². The minimum atomic E-state index is -0.685. The van der Waals surface area contributed by atoms with Crippen LogP contribution < -0.4 is 0 Å². The fraction of sp³-hybridized carbons (Fsp3) is 0.500. The first kappa shape index (κ1) is 12.2. The fourth-order valence-corrected chi connectivity index (χ4v) is 1.16. The van der Waals surface area contributed by atoms with Crippen LogP contribution in [0.2, 0.25) is 0 Å². The number of aromatic nitrogens is 2. The Morgan fingerprint density at radius 2 is 2.12 bits per heavy atom. The van der Waals surface area contributed by atoms with E-state index < -0.39 is 18.0 Å². The quantitative estimate of drug-likeness (QED) is 0.771. The SMILES string of the molecule is CC(=O)OCC(OC(C)=O)c1ncc(C)[nH]1. The van der Waals surface area contributed by atoms with Crippen molar-refractivity contribution < 1.29 is 19.1 Å². The summed E-state index contributed by atoms with van der Waals surface area (Å²) in [6.07, 6.45) is 0.926. The molecule has 0 radical (unpaired) electrons. The zero-order valence-electron chi connectivity index (χ0n) is 9.44. The van der Waals surface area contributed by atoms with E-state index in [4.69, 9.17) is 9.47 Å². The van der Waals surface area contributed by atoms with E-state index in [1.807, 2.05) is 6.92 Å². The van der Waals surface area contributed by atoms with E-state index in [-0.39, 0.29) is 6.61 Å². The van der Waals surface area contributed by atoms with E-state index in [0.29, 0.717) is 5.82 Å². The largest absolute Gasteiger partial charge is 0.461 e. The van der Waals surface area contributed by atoms with Gasteiger partial charge in [0.2, 0.25) is 0 Å². The molecule has 0 bridgehead atoms. The molecule has 1 rings (SSSR count). The molecule has 1 heterocycles. The minimum Gasteiger partial charge on any atom is -0.461 e. The smallest absolute Gasteiger partial charge is 0.303 e. The van der Waals surface area contributed by atoms with Gasteiger partial charge in [-0.1, -0.05) is 0 Å². The summed E-state index contributed by atoms with van der Waals surface area (Å²) in [4.78, 5) is 28.5. The number of carbonyl (C=O) groups is 2. The van der Waals surface area contributed by atoms with Gasteiger partial charge in [0.25, 0.3) is 0 Å². The lowest BCUT2D eigenvalue weighted by molar-refractivity contribution is -0.157. The molecule has 1 aromatic rings. The van der Waals surface area contributed by atoms with Crippen molar-refractivity contribution in [3.63, 3.8) is 0 Å². The Morgan fingerprint density at radius 1 is 1.44 bits per heavy atom. The first-order valence-corrected chi connectivity index (χ1v) is 4.81. The summed E-state index contributed by atoms with van der Waals surface area (Å²) in [6, 6.07) is 0. The molecule has 0 aliphatic heterocycles. The zero-order chi connectivity index (χ0) is 12.1. The van der Waals surface area contributed by atoms with Crippen LogP contribution in [-0.2, 0) is 19.1 Å². The molecule has 1 unspecified atom stereocenters. The average Bonchev–Trinajstić information content (AvgIpc) is 2.58. The van der Waals surface area contributed by atoms with Crippen LogP contribution >= 0.6 is 0 Å². The van der Waals surface area contributed by atoms with Gasteiger partial charge in [-0.2, -0.15) is 0 Å². The molecular weight excluding hydrogens is 212 g/mol. The molecule has 0 aliphatic rings. The number of nitrogens with zero attached hydrogens (tertiary/aromatic N) is 1. The lowest BCUT2D eigenvalue weighted by Crippen LogP contribution is -2.17. The Morgan fingerprint density at radius 3 is 2.56 bits per heavy atom. The highest BCUT2D eigenvalue weighted by molar-refractivity contribution is 5.67. The Labute approximate surface area is 93.0 Å². The molecule has 0 saturated heterocycles. The second-order valence-corrected chi connectivity index (χ2v) is 3.35. The van der Waals surface area contributed by atoms with Gasteiger partial charge >= 0.3 is 11.9 Å². The number of nitrogens with one attached hydrogen (secondary N) is 1. The number of imidazole rings is 1. The molecule has 0 aliphatic carbocycles. The van der Waals surface area contributed by atoms with Gasteiger partial charge in [-0.05, 0) is 6.92 Å². The second kappa shape index (κ2) is 5.29. The minimum absolute atomic E-state index is 0.0398. The van der Waals surface area contributed by atoms with E-state index in [1.165, 1.54) is 13.8 Å². The summed E-state index contributed by atoms with van der Waals surface area (Å²) in [6.45, 7) is 4.36. The molecule has 1 aromatic heterocycles. The number of ether oxygens (including phenoxy) is 2. The van der Waals surface area contributed by atoms with Crippen molar-refractivity contribution in [2.45, 2.75) is 26.9 Å². The van der Waals surface area contributed by atoms with Gasteiger partial charge in [0.15, 0.2) is 11.9 Å². The lowest BCUT2D eigenvalue weighted by Gasteiger charge is -2.14. The molecular formula is C10H14N2O4. The molecule has 0 aromatic carbocycles. The van der Waals surface area contributed by atoms with Gasteiger partial charge in [0.1, 0.15) is 6.61 Å². The van der Waals surface area contributed by atoms with Gasteiger partial charge in [-0.3, -0.25) is 9.59 Å². The Balaban J connectivity index is 2.70. The van der Waals surface area contributed by atoms with E-state index in [0.717, 1.165) is 5.69 Å². The van der Waals surface area contributed by atoms with Crippen molar-refractivity contribution in [3.05, 3.63) is 17.7 Å². The van der Waals surface area contributed by atoms with Crippen LogP contribution in [-0.4, -0.2) is 28.5 Å². The van der Waals surface area contributed by atoms with E-state index >= 15 is 0 Å². The molecule has 0 spiro atoms. The monoisotopic (exact) mass is 226 g/mol. The molecule has 0 fully saturated rings. The summed E-state index contributed by atoms with van der Waals surface area (Å²) in [7, 11) is 0. The molecule has 16 heavy (non-hydrogen) atoms. The Kier molecular flexibility index (Phi) is 4.04. The third-order valence-corrected chi connectivity index (χ3v) is 1.77. The summed E-state index contributed by atoms with van der Waals surface area (Å²) in [5.41, 5.74) is 0.843. The molecule has 6 nitrogen and oxygen atoms in total. The maximum atomic E-state index is 10.9. The number of hydrogen-bond acceptors (Lipinski definition) is 5. The third-order valence-electron chi connectivity index (χ3n) is 1.77. The number of esters is 2. The Bertz CT molecular complexity index is 386. The summed E-state index contributed by atoms with van der Waals surface area (Å²) in [5.74, 6) is -0.416. The van der Waals surface area contributed by atoms with E-state index in [9.17, 15) is 9.59 Å². The van der Waals surface area contributed by atoms with Gasteiger partial charge in [0, 0.05) is 25.7 Å². The van der Waals surface area contributed by atoms with Gasteiger partial charge < -0.3 is 14.5 Å². The predicted molar refractivity (Wildman–Crippen MR) is 54.5 cm³/mol. The van der Waals surface area contributed by atoms with E-state index in [2.05, 4.69) is 9.97 Å². The van der Waals surface area contributed by atoms with Crippen molar-refractivity contribution in [2.75, 3.05) is 6.61 Å². The van der Waals surface area contributed by atoms with Crippen LogP contribution in [0.4, 0.5) is 0 Å². The maximum absolute atomic E-state index is 10.9. The van der Waals surface area contributed by atoms with Crippen LogP contribution in [0.5, 0.6) is 0 Å². The highest BCUT2D eigenvalue weighted by Gasteiger charge is 2.19. The number of aryl methyl sites for hydroxylation is 1. The van der Waals surface area contributed by atoms with Crippen molar-refractivity contribution in [2.24, 2.45) is 0 Å². The van der Waals surface area contributed by atoms with Gasteiger partial charge in [0.05, 0.1) is 0 Å². The number of H-pyrrole nitrogens is 1. The van der Waals surface area contributed by atoms with Crippen LogP contribution in [0.3, 0.4) is 0 Å². The number of aromatic amines is 1. The van der Waals surface area contributed by atoms with Crippen molar-refractivity contribution in [3.8, 4) is 0 Å². The molecule has 6 heteroatoms. The fourth-order valence-electron chi connectivity index (χ4n) is 1.16. The number of rotatable bonds is 4. The van der Waals surface area contributed by atoms with Crippen LogP contribution in [0.25, 0.3) is 0 Å². The van der Waals surface area contributed by atoms with Crippen molar-refractivity contribution in [1.29, 1.82) is 0 Å². The second-order valence-electron chi connectivity index (χ2n) is 3.35. The Hall–Kier alpha value is -1.85. The standard InChI is InChI=1S/C10H14N2O4/c1-6-4-11-10(12-6)9(16-8(3)14)5-15-7(2)13/h4,9H,5H2,1-3H3,(H,11,12). The predicted octanol–water partition coefficient (Wildman–Crippen LogP) is 0.885. The topological polar surface area (TPSA) is 81.3 Å². The van der Waals surface area contributed by atoms with Crippen LogP contribution in [0.15, 0.2) is 6.20 Å². The van der Waals surface area contributed by atoms with Crippen molar-refractivity contribution >= 4 is 11.9 Å². The summed E-state index contributed by atoms with van der Waals surface area (Å²) < 4.78 is 9.78. The first-order chi connectivity index (χ1) is 7.49. The molecule has 0 amide bonds. The lowest BCUT2D eigenvalue weighted by atomic mass is 10.3. The maximum Gasteiger partial charge on any atom is 0.303 e. The summed E-state index contributed by atoms with van der Waals surface area (Å²) >= 11 is 0. The average molecular weight is 226 g/mol. The van der Waals surface area contributed by atoms with Crippen molar-refractivity contribution in [1.82, 2.24) is 9.97 Å². The van der Waals surface area contributed by atoms with Crippen LogP contribution in [0.1, 0.15) is 31.5 Å². The number of hydrogen-bond donors (Lipinski definition) is 1. The molecule has 1 N–H and O–H groups in total.